The lowest BCUT2D eigenvalue weighted by molar-refractivity contribution is -0.110. The Bertz CT molecular complexity index is 1550. The van der Waals surface area contributed by atoms with Crippen LogP contribution in [0, 0.1) is 13.8 Å². The van der Waals surface area contributed by atoms with Crippen LogP contribution < -0.4 is 10.6 Å². The lowest BCUT2D eigenvalue weighted by Gasteiger charge is -2.18. The minimum absolute atomic E-state index is 0.0866. The number of aromatic amines is 1. The van der Waals surface area contributed by atoms with Gasteiger partial charge in [-0.2, -0.15) is 0 Å². The van der Waals surface area contributed by atoms with E-state index in [2.05, 4.69) is 34.4 Å². The fraction of sp³-hybridized carbons (Fsp3) is 0.267. The molecule has 0 atom stereocenters. The molecule has 2 amide bonds. The normalized spacial score (nSPS) is 14.3. The Morgan fingerprint density at radius 1 is 1.05 bits per heavy atom. The Morgan fingerprint density at radius 2 is 1.77 bits per heavy atom. The average Bonchev–Trinajstić information content (AvgIpc) is 3.39. The zero-order valence-corrected chi connectivity index (χ0v) is 23.5. The summed E-state index contributed by atoms with van der Waals surface area (Å²) in [5, 5.41) is 6.95. The summed E-state index contributed by atoms with van der Waals surface area (Å²) >= 11 is 0. The number of hydrogen-bond acceptors (Lipinski definition) is 5. The fourth-order valence-corrected chi connectivity index (χ4v) is 5.69. The summed E-state index contributed by atoms with van der Waals surface area (Å²) in [6, 6.07) is 13.8. The van der Waals surface area contributed by atoms with E-state index in [1.807, 2.05) is 44.2 Å². The zero-order chi connectivity index (χ0) is 28.2. The van der Waals surface area contributed by atoms with Crippen molar-refractivity contribution in [2.45, 2.75) is 32.6 Å². The molecule has 1 aromatic heterocycles. The number of carbonyl (C=O) groups is 2. The monoisotopic (exact) mass is 546 g/mol. The van der Waals surface area contributed by atoms with E-state index < -0.39 is 9.84 Å². The molecule has 4 rings (SSSR count). The van der Waals surface area contributed by atoms with Crippen molar-refractivity contribution >= 4 is 45.1 Å². The van der Waals surface area contributed by atoms with E-state index >= 15 is 0 Å². The van der Waals surface area contributed by atoms with Gasteiger partial charge in [0.15, 0.2) is 9.84 Å². The quantitative estimate of drug-likeness (QED) is 0.321. The van der Waals surface area contributed by atoms with E-state index in [0.29, 0.717) is 40.3 Å². The summed E-state index contributed by atoms with van der Waals surface area (Å²) in [6.07, 6.45) is 3.22. The summed E-state index contributed by atoms with van der Waals surface area (Å²) in [6.45, 7) is 11.0. The van der Waals surface area contributed by atoms with Crippen LogP contribution in [0.3, 0.4) is 0 Å². The molecule has 0 saturated heterocycles. The van der Waals surface area contributed by atoms with Gasteiger partial charge in [-0.1, -0.05) is 44.2 Å². The maximum atomic E-state index is 13.0. The molecule has 1 aliphatic rings. The van der Waals surface area contributed by atoms with Gasteiger partial charge in [0.05, 0.1) is 16.0 Å². The third kappa shape index (κ3) is 6.21. The SMILES string of the molecule is CCN(CC)CCNC(=O)c1c(C)[nH]c(/C=C2\C(=O)Nc3ccc(S(=O)(=O)/C=C/c4ccccc4)cc32)c1C. The van der Waals surface area contributed by atoms with Gasteiger partial charge in [-0.3, -0.25) is 9.59 Å². The molecule has 8 nitrogen and oxygen atoms in total. The first-order valence-corrected chi connectivity index (χ1v) is 14.5. The van der Waals surface area contributed by atoms with Gasteiger partial charge in [0.25, 0.3) is 11.8 Å². The molecule has 0 fully saturated rings. The largest absolute Gasteiger partial charge is 0.358 e. The third-order valence-corrected chi connectivity index (χ3v) is 8.35. The summed E-state index contributed by atoms with van der Waals surface area (Å²) in [7, 11) is -3.75. The zero-order valence-electron chi connectivity index (χ0n) is 22.7. The molecule has 2 aromatic carbocycles. The second-order valence-corrected chi connectivity index (χ2v) is 11.3. The van der Waals surface area contributed by atoms with Crippen LogP contribution in [0.1, 0.15) is 52.3 Å². The Morgan fingerprint density at radius 3 is 2.46 bits per heavy atom. The number of nitrogens with zero attached hydrogens (tertiary/aromatic N) is 1. The van der Waals surface area contributed by atoms with Crippen LogP contribution in [0.5, 0.6) is 0 Å². The fourth-order valence-electron chi connectivity index (χ4n) is 4.66. The van der Waals surface area contributed by atoms with Gasteiger partial charge in [-0.25, -0.2) is 8.42 Å². The first-order valence-electron chi connectivity index (χ1n) is 13.0. The minimum Gasteiger partial charge on any atom is -0.358 e. The van der Waals surface area contributed by atoms with Gasteiger partial charge in [-0.15, -0.1) is 0 Å². The second kappa shape index (κ2) is 11.8. The highest BCUT2D eigenvalue weighted by atomic mass is 32.2. The molecule has 0 unspecified atom stereocenters. The first kappa shape index (κ1) is 28.1. The molecule has 39 heavy (non-hydrogen) atoms. The molecular weight excluding hydrogens is 512 g/mol. The Kier molecular flexibility index (Phi) is 8.52. The van der Waals surface area contributed by atoms with E-state index in [1.54, 1.807) is 18.2 Å². The van der Waals surface area contributed by atoms with Crippen molar-refractivity contribution in [3.63, 3.8) is 0 Å². The van der Waals surface area contributed by atoms with Crippen molar-refractivity contribution < 1.29 is 18.0 Å². The van der Waals surface area contributed by atoms with Gasteiger partial charge >= 0.3 is 0 Å². The van der Waals surface area contributed by atoms with E-state index in [-0.39, 0.29) is 16.7 Å². The minimum atomic E-state index is -3.75. The van der Waals surface area contributed by atoms with Gasteiger partial charge < -0.3 is 20.5 Å². The van der Waals surface area contributed by atoms with Gasteiger partial charge in [-0.05, 0) is 68.4 Å². The lowest BCUT2D eigenvalue weighted by atomic mass is 10.0. The van der Waals surface area contributed by atoms with Gasteiger partial charge in [0.2, 0.25) is 0 Å². The number of carbonyl (C=O) groups excluding carboxylic acids is 2. The van der Waals surface area contributed by atoms with E-state index in [4.69, 9.17) is 0 Å². The first-order chi connectivity index (χ1) is 18.6. The maximum absolute atomic E-state index is 13.0. The maximum Gasteiger partial charge on any atom is 0.256 e. The topological polar surface area (TPSA) is 111 Å². The number of rotatable bonds is 10. The summed E-state index contributed by atoms with van der Waals surface area (Å²) in [5.41, 5.74) is 4.70. The average molecular weight is 547 g/mol. The number of benzene rings is 2. The molecule has 3 N–H and O–H groups in total. The van der Waals surface area contributed by atoms with Crippen LogP contribution in [0.2, 0.25) is 0 Å². The molecule has 3 aromatic rings. The van der Waals surface area contributed by atoms with Crippen molar-refractivity contribution in [1.82, 2.24) is 15.2 Å². The number of likely N-dealkylation sites (N-methyl/N-ethyl adjacent to an activating group) is 1. The number of hydrogen-bond donors (Lipinski definition) is 3. The highest BCUT2D eigenvalue weighted by Crippen LogP contribution is 2.36. The number of anilines is 1. The molecule has 0 bridgehead atoms. The van der Waals surface area contributed by atoms with Crippen LogP contribution in [0.25, 0.3) is 17.7 Å². The van der Waals surface area contributed by atoms with E-state index in [0.717, 1.165) is 30.8 Å². The summed E-state index contributed by atoms with van der Waals surface area (Å²) in [5.74, 6) is -0.510. The molecule has 0 radical (unpaired) electrons. The van der Waals surface area contributed by atoms with Crippen molar-refractivity contribution in [2.24, 2.45) is 0 Å². The summed E-state index contributed by atoms with van der Waals surface area (Å²) < 4.78 is 26.1. The molecule has 1 aliphatic heterocycles. The molecule has 204 valence electrons. The van der Waals surface area contributed by atoms with Gasteiger partial charge in [0.1, 0.15) is 0 Å². The number of sulfone groups is 1. The highest BCUT2D eigenvalue weighted by Gasteiger charge is 2.27. The van der Waals surface area contributed by atoms with E-state index in [9.17, 15) is 18.0 Å². The van der Waals surface area contributed by atoms with Crippen LogP contribution in [0.15, 0.2) is 58.8 Å². The number of aromatic nitrogens is 1. The highest BCUT2D eigenvalue weighted by molar-refractivity contribution is 7.94. The number of nitrogens with one attached hydrogen (secondary N) is 3. The van der Waals surface area contributed by atoms with Crippen molar-refractivity contribution in [2.75, 3.05) is 31.5 Å². The summed E-state index contributed by atoms with van der Waals surface area (Å²) in [4.78, 5) is 31.4. The smallest absolute Gasteiger partial charge is 0.256 e. The molecule has 2 heterocycles. The molecule has 0 spiro atoms. The second-order valence-electron chi connectivity index (χ2n) is 9.42. The molecule has 0 saturated carbocycles. The number of amides is 2. The third-order valence-electron chi connectivity index (χ3n) is 6.94. The molecule has 0 aliphatic carbocycles. The number of H-pyrrole nitrogens is 1. The molecular formula is C30H34N4O4S. The van der Waals surface area contributed by atoms with Crippen LogP contribution in [0.4, 0.5) is 5.69 Å². The van der Waals surface area contributed by atoms with Crippen LogP contribution in [-0.2, 0) is 14.6 Å². The van der Waals surface area contributed by atoms with Crippen LogP contribution in [-0.4, -0.2) is 56.3 Å². The van der Waals surface area contributed by atoms with Crippen molar-refractivity contribution in [1.29, 1.82) is 0 Å². The van der Waals surface area contributed by atoms with Crippen molar-refractivity contribution in [3.05, 3.63) is 87.6 Å². The van der Waals surface area contributed by atoms with Gasteiger partial charge in [0, 0.05) is 41.1 Å². The number of aryl methyl sites for hydroxylation is 1. The molecule has 9 heteroatoms. The predicted octanol–water partition coefficient (Wildman–Crippen LogP) is 4.64. The Balaban J connectivity index is 1.61. The van der Waals surface area contributed by atoms with Crippen molar-refractivity contribution in [3.8, 4) is 0 Å². The van der Waals surface area contributed by atoms with Crippen LogP contribution >= 0.6 is 0 Å². The standard InChI is InChI=1S/C30H34N4O4S/c1-5-34(6-2)16-15-31-30(36)28-20(3)27(32-21(28)4)19-25-24-18-23(12-13-26(24)33-29(25)35)39(37,38)17-14-22-10-8-7-9-11-22/h7-14,17-19,32H,5-6,15-16H2,1-4H3,(H,31,36)(H,33,35)/b17-14+,25-19-. The lowest BCUT2D eigenvalue weighted by Crippen LogP contribution is -2.35. The predicted molar refractivity (Wildman–Crippen MR) is 156 cm³/mol. The Hall–Kier alpha value is -3.95. The number of fused-ring (bicyclic) bond motifs is 1. The Labute approximate surface area is 229 Å². The van der Waals surface area contributed by atoms with E-state index in [1.165, 1.54) is 17.5 Å².